The average Bonchev–Trinajstić information content (AvgIpc) is 2.97. The van der Waals surface area contributed by atoms with Gasteiger partial charge in [0, 0.05) is 17.8 Å². The van der Waals surface area contributed by atoms with Gasteiger partial charge in [0.05, 0.1) is 6.54 Å². The Morgan fingerprint density at radius 3 is 2.71 bits per heavy atom. The van der Waals surface area contributed by atoms with Crippen LogP contribution in [0.25, 0.3) is 11.4 Å². The van der Waals surface area contributed by atoms with E-state index >= 15 is 0 Å². The molecule has 0 bridgehead atoms. The molecule has 1 N–H and O–H groups in total. The normalized spacial score (nSPS) is 10.5. The first kappa shape index (κ1) is 13.3. The molecule has 0 fully saturated rings. The molecule has 0 spiro atoms. The van der Waals surface area contributed by atoms with Crippen molar-refractivity contribution in [3.63, 3.8) is 0 Å². The molecule has 0 saturated carbocycles. The molecule has 5 nitrogen and oxygen atoms in total. The fourth-order valence-electron chi connectivity index (χ4n) is 2.10. The van der Waals surface area contributed by atoms with Gasteiger partial charge in [-0.1, -0.05) is 42.5 Å². The van der Waals surface area contributed by atoms with E-state index in [2.05, 4.69) is 45.9 Å². The van der Waals surface area contributed by atoms with Gasteiger partial charge < -0.3 is 5.32 Å². The molecule has 0 saturated heterocycles. The fraction of sp³-hybridized carbons (Fsp3) is 0.188. The van der Waals surface area contributed by atoms with Gasteiger partial charge >= 0.3 is 0 Å². The summed E-state index contributed by atoms with van der Waals surface area (Å²) in [5.74, 6) is 0.658. The third-order valence-electron chi connectivity index (χ3n) is 3.14. The Morgan fingerprint density at radius 2 is 1.90 bits per heavy atom. The van der Waals surface area contributed by atoms with Crippen LogP contribution < -0.4 is 5.32 Å². The molecule has 1 aromatic heterocycles. The standard InChI is InChI=1S/C16H17N5/c1-13-6-5-9-15(12-13)17-10-11-21-19-16(18-20-21)14-7-3-2-4-8-14/h2-9,12,17H,10-11H2,1H3. The van der Waals surface area contributed by atoms with Crippen LogP contribution >= 0.6 is 0 Å². The summed E-state index contributed by atoms with van der Waals surface area (Å²) in [6.45, 7) is 3.51. The van der Waals surface area contributed by atoms with Gasteiger partial charge in [0.2, 0.25) is 5.82 Å². The van der Waals surface area contributed by atoms with Gasteiger partial charge in [-0.25, -0.2) is 0 Å². The van der Waals surface area contributed by atoms with Crippen LogP contribution in [0.1, 0.15) is 5.56 Å². The van der Waals surface area contributed by atoms with Gasteiger partial charge in [0.15, 0.2) is 0 Å². The van der Waals surface area contributed by atoms with E-state index < -0.39 is 0 Å². The van der Waals surface area contributed by atoms with Gasteiger partial charge in [0.1, 0.15) is 0 Å². The Kier molecular flexibility index (Phi) is 3.91. The molecule has 3 aromatic rings. The minimum Gasteiger partial charge on any atom is -0.383 e. The lowest BCUT2D eigenvalue weighted by atomic mass is 10.2. The highest BCUT2D eigenvalue weighted by atomic mass is 15.6. The number of rotatable bonds is 5. The summed E-state index contributed by atoms with van der Waals surface area (Å²) in [5, 5.41) is 15.9. The predicted octanol–water partition coefficient (Wildman–Crippen LogP) is 2.76. The van der Waals surface area contributed by atoms with Crippen molar-refractivity contribution < 1.29 is 0 Å². The zero-order chi connectivity index (χ0) is 14.5. The largest absolute Gasteiger partial charge is 0.383 e. The SMILES string of the molecule is Cc1cccc(NCCn2nnc(-c3ccccc3)n2)c1. The monoisotopic (exact) mass is 279 g/mol. The molecule has 0 aliphatic heterocycles. The first-order chi connectivity index (χ1) is 10.3. The fourth-order valence-corrected chi connectivity index (χ4v) is 2.10. The number of anilines is 1. The number of aryl methyl sites for hydroxylation is 1. The van der Waals surface area contributed by atoms with Crippen LogP contribution in [0.3, 0.4) is 0 Å². The second kappa shape index (κ2) is 6.17. The molecule has 0 radical (unpaired) electrons. The highest BCUT2D eigenvalue weighted by Crippen LogP contribution is 2.12. The van der Waals surface area contributed by atoms with Crippen molar-refractivity contribution in [3.8, 4) is 11.4 Å². The van der Waals surface area contributed by atoms with Crippen LogP contribution in [-0.2, 0) is 6.54 Å². The van der Waals surface area contributed by atoms with Crippen LogP contribution in [0, 0.1) is 6.92 Å². The molecular weight excluding hydrogens is 262 g/mol. The first-order valence-corrected chi connectivity index (χ1v) is 6.95. The highest BCUT2D eigenvalue weighted by molar-refractivity contribution is 5.53. The lowest BCUT2D eigenvalue weighted by molar-refractivity contribution is 0.539. The van der Waals surface area contributed by atoms with E-state index in [0.29, 0.717) is 12.4 Å². The number of hydrogen-bond acceptors (Lipinski definition) is 4. The minimum absolute atomic E-state index is 0.658. The van der Waals surface area contributed by atoms with E-state index in [-0.39, 0.29) is 0 Å². The van der Waals surface area contributed by atoms with E-state index in [1.54, 1.807) is 4.80 Å². The Labute approximate surface area is 123 Å². The molecule has 0 aliphatic carbocycles. The van der Waals surface area contributed by atoms with Crippen LogP contribution in [0.5, 0.6) is 0 Å². The van der Waals surface area contributed by atoms with Crippen LogP contribution in [0.2, 0.25) is 0 Å². The summed E-state index contributed by atoms with van der Waals surface area (Å²) < 4.78 is 0. The zero-order valence-electron chi connectivity index (χ0n) is 11.9. The van der Waals surface area contributed by atoms with Crippen molar-refractivity contribution in [2.75, 3.05) is 11.9 Å². The molecule has 0 unspecified atom stereocenters. The molecule has 2 aromatic carbocycles. The maximum atomic E-state index is 4.38. The van der Waals surface area contributed by atoms with Crippen LogP contribution in [-0.4, -0.2) is 26.8 Å². The van der Waals surface area contributed by atoms with Crippen molar-refractivity contribution in [3.05, 3.63) is 60.2 Å². The molecule has 3 rings (SSSR count). The molecular formula is C16H17N5. The molecule has 21 heavy (non-hydrogen) atoms. The summed E-state index contributed by atoms with van der Waals surface area (Å²) in [7, 11) is 0. The zero-order valence-corrected chi connectivity index (χ0v) is 11.9. The highest BCUT2D eigenvalue weighted by Gasteiger charge is 2.04. The number of nitrogens with zero attached hydrogens (tertiary/aromatic N) is 4. The maximum Gasteiger partial charge on any atom is 0.204 e. The lowest BCUT2D eigenvalue weighted by Crippen LogP contribution is -2.13. The smallest absolute Gasteiger partial charge is 0.204 e. The predicted molar refractivity (Wildman–Crippen MR) is 82.9 cm³/mol. The lowest BCUT2D eigenvalue weighted by Gasteiger charge is -2.05. The minimum atomic E-state index is 0.658. The van der Waals surface area contributed by atoms with E-state index in [9.17, 15) is 0 Å². The Hall–Kier alpha value is -2.69. The number of hydrogen-bond donors (Lipinski definition) is 1. The summed E-state index contributed by atoms with van der Waals surface area (Å²) in [6.07, 6.45) is 0. The summed E-state index contributed by atoms with van der Waals surface area (Å²) in [5.41, 5.74) is 3.33. The Balaban J connectivity index is 1.58. The molecule has 1 heterocycles. The van der Waals surface area contributed by atoms with Crippen LogP contribution in [0.4, 0.5) is 5.69 Å². The van der Waals surface area contributed by atoms with E-state index in [1.165, 1.54) is 5.56 Å². The van der Waals surface area contributed by atoms with Gasteiger partial charge in [-0.2, -0.15) is 4.80 Å². The number of aromatic nitrogens is 4. The van der Waals surface area contributed by atoms with Gasteiger partial charge in [-0.05, 0) is 29.8 Å². The Morgan fingerprint density at radius 1 is 1.05 bits per heavy atom. The van der Waals surface area contributed by atoms with Crippen molar-refractivity contribution in [2.45, 2.75) is 13.5 Å². The molecule has 0 aliphatic rings. The summed E-state index contributed by atoms with van der Waals surface area (Å²) in [6, 6.07) is 18.2. The van der Waals surface area contributed by atoms with Crippen molar-refractivity contribution in [1.29, 1.82) is 0 Å². The number of benzene rings is 2. The van der Waals surface area contributed by atoms with E-state index in [0.717, 1.165) is 17.8 Å². The third kappa shape index (κ3) is 3.45. The number of nitrogens with one attached hydrogen (secondary N) is 1. The van der Waals surface area contributed by atoms with Gasteiger partial charge in [-0.3, -0.25) is 0 Å². The Bertz CT molecular complexity index is 705. The van der Waals surface area contributed by atoms with Crippen molar-refractivity contribution in [2.24, 2.45) is 0 Å². The second-order valence-electron chi connectivity index (χ2n) is 4.87. The molecule has 106 valence electrons. The molecule has 0 atom stereocenters. The molecule has 5 heteroatoms. The molecule has 0 amide bonds. The van der Waals surface area contributed by atoms with Gasteiger partial charge in [-0.15, -0.1) is 10.2 Å². The quantitative estimate of drug-likeness (QED) is 0.780. The first-order valence-electron chi connectivity index (χ1n) is 6.95. The van der Waals surface area contributed by atoms with Crippen molar-refractivity contribution in [1.82, 2.24) is 20.2 Å². The van der Waals surface area contributed by atoms with E-state index in [1.807, 2.05) is 36.4 Å². The second-order valence-corrected chi connectivity index (χ2v) is 4.87. The van der Waals surface area contributed by atoms with Gasteiger partial charge in [0.25, 0.3) is 0 Å². The topological polar surface area (TPSA) is 55.6 Å². The third-order valence-corrected chi connectivity index (χ3v) is 3.14. The number of tetrazole rings is 1. The summed E-state index contributed by atoms with van der Waals surface area (Å²) >= 11 is 0. The van der Waals surface area contributed by atoms with Crippen LogP contribution in [0.15, 0.2) is 54.6 Å². The van der Waals surface area contributed by atoms with Crippen molar-refractivity contribution >= 4 is 5.69 Å². The summed E-state index contributed by atoms with van der Waals surface area (Å²) in [4.78, 5) is 1.62. The maximum absolute atomic E-state index is 4.38. The average molecular weight is 279 g/mol. The van der Waals surface area contributed by atoms with E-state index in [4.69, 9.17) is 0 Å².